The van der Waals surface area contributed by atoms with Crippen LogP contribution in [0.4, 0.5) is 5.82 Å². The second kappa shape index (κ2) is 3.99. The SMILES string of the molecule is Cn1c(=O)n(-c2ccc3c(N)n[nH]c3c2)c2ccccc21. The lowest BCUT2D eigenvalue weighted by atomic mass is 10.2. The average Bonchev–Trinajstić information content (AvgIpc) is 2.99. The number of nitrogens with zero attached hydrogens (tertiary/aromatic N) is 3. The zero-order valence-electron chi connectivity index (χ0n) is 11.4. The molecule has 4 aromatic rings. The third-order valence-corrected chi connectivity index (χ3v) is 3.80. The summed E-state index contributed by atoms with van der Waals surface area (Å²) < 4.78 is 3.33. The third-order valence-electron chi connectivity index (χ3n) is 3.80. The molecule has 0 aliphatic rings. The minimum absolute atomic E-state index is 0.0805. The van der Waals surface area contributed by atoms with E-state index in [0.717, 1.165) is 27.6 Å². The van der Waals surface area contributed by atoms with Gasteiger partial charge in [-0.1, -0.05) is 12.1 Å². The fourth-order valence-corrected chi connectivity index (χ4v) is 2.71. The lowest BCUT2D eigenvalue weighted by Gasteiger charge is -2.03. The van der Waals surface area contributed by atoms with Gasteiger partial charge in [-0.2, -0.15) is 5.10 Å². The van der Waals surface area contributed by atoms with Crippen LogP contribution in [0.3, 0.4) is 0 Å². The normalized spacial score (nSPS) is 11.5. The molecular weight excluding hydrogens is 266 g/mol. The Labute approximate surface area is 119 Å². The van der Waals surface area contributed by atoms with Crippen LogP contribution in [0.5, 0.6) is 0 Å². The minimum atomic E-state index is -0.0805. The van der Waals surface area contributed by atoms with Crippen molar-refractivity contribution in [1.82, 2.24) is 19.3 Å². The van der Waals surface area contributed by atoms with Gasteiger partial charge in [0, 0.05) is 12.4 Å². The number of nitrogens with one attached hydrogen (secondary N) is 1. The Hall–Kier alpha value is -3.02. The summed E-state index contributed by atoms with van der Waals surface area (Å²) in [5.41, 5.74) is 9.06. The van der Waals surface area contributed by atoms with Crippen molar-refractivity contribution in [2.75, 3.05) is 5.73 Å². The Bertz CT molecular complexity index is 1040. The first-order valence-corrected chi connectivity index (χ1v) is 6.57. The number of H-pyrrole nitrogens is 1. The quantitative estimate of drug-likeness (QED) is 0.557. The number of aromatic amines is 1. The summed E-state index contributed by atoms with van der Waals surface area (Å²) in [5, 5.41) is 7.71. The molecule has 0 bridgehead atoms. The van der Waals surface area contributed by atoms with Crippen LogP contribution in [0.15, 0.2) is 47.3 Å². The van der Waals surface area contributed by atoms with Gasteiger partial charge in [0.25, 0.3) is 0 Å². The van der Waals surface area contributed by atoms with Gasteiger partial charge in [0.05, 0.1) is 22.2 Å². The molecule has 2 aromatic carbocycles. The second-order valence-corrected chi connectivity index (χ2v) is 5.00. The Kier molecular flexibility index (Phi) is 2.24. The predicted molar refractivity (Wildman–Crippen MR) is 82.6 cm³/mol. The maximum atomic E-state index is 12.5. The van der Waals surface area contributed by atoms with Gasteiger partial charge in [0.1, 0.15) is 0 Å². The molecule has 0 fully saturated rings. The van der Waals surface area contributed by atoms with Crippen molar-refractivity contribution in [3.63, 3.8) is 0 Å². The first kappa shape index (κ1) is 11.8. The zero-order chi connectivity index (χ0) is 14.6. The molecule has 2 aromatic heterocycles. The molecule has 0 unspecified atom stereocenters. The van der Waals surface area contributed by atoms with E-state index in [1.54, 1.807) is 16.2 Å². The number of hydrogen-bond acceptors (Lipinski definition) is 3. The van der Waals surface area contributed by atoms with E-state index in [1.807, 2.05) is 42.5 Å². The highest BCUT2D eigenvalue weighted by Gasteiger charge is 2.12. The number of anilines is 1. The molecule has 104 valence electrons. The van der Waals surface area contributed by atoms with Crippen LogP contribution in [0.25, 0.3) is 27.6 Å². The Balaban J connectivity index is 2.08. The highest BCUT2D eigenvalue weighted by Crippen LogP contribution is 2.22. The monoisotopic (exact) mass is 279 g/mol. The summed E-state index contributed by atoms with van der Waals surface area (Å²) in [6, 6.07) is 13.3. The van der Waals surface area contributed by atoms with E-state index in [4.69, 9.17) is 5.73 Å². The first-order chi connectivity index (χ1) is 10.2. The van der Waals surface area contributed by atoms with Crippen LogP contribution in [-0.2, 0) is 7.05 Å². The van der Waals surface area contributed by atoms with Gasteiger partial charge in [-0.25, -0.2) is 4.79 Å². The number of fused-ring (bicyclic) bond motifs is 2. The first-order valence-electron chi connectivity index (χ1n) is 6.57. The molecule has 0 aliphatic heterocycles. The molecule has 6 heteroatoms. The molecule has 2 heterocycles. The molecule has 0 amide bonds. The highest BCUT2D eigenvalue weighted by atomic mass is 16.1. The van der Waals surface area contributed by atoms with Crippen molar-refractivity contribution in [2.24, 2.45) is 7.05 Å². The van der Waals surface area contributed by atoms with Gasteiger partial charge < -0.3 is 5.73 Å². The predicted octanol–water partition coefficient (Wildman–Crippen LogP) is 1.79. The van der Waals surface area contributed by atoms with Crippen molar-refractivity contribution in [3.8, 4) is 5.69 Å². The Morgan fingerprint density at radius 3 is 2.71 bits per heavy atom. The lowest BCUT2D eigenvalue weighted by molar-refractivity contribution is 0.847. The number of nitrogens with two attached hydrogens (primary N) is 1. The van der Waals surface area contributed by atoms with Crippen molar-refractivity contribution < 1.29 is 0 Å². The molecule has 21 heavy (non-hydrogen) atoms. The molecule has 0 atom stereocenters. The van der Waals surface area contributed by atoms with Crippen molar-refractivity contribution in [1.29, 1.82) is 0 Å². The van der Waals surface area contributed by atoms with Crippen molar-refractivity contribution in [2.45, 2.75) is 0 Å². The third kappa shape index (κ3) is 1.53. The molecular formula is C15H13N5O. The average molecular weight is 279 g/mol. The van der Waals surface area contributed by atoms with Gasteiger partial charge in [-0.3, -0.25) is 14.2 Å². The maximum Gasteiger partial charge on any atom is 0.333 e. The van der Waals surface area contributed by atoms with Crippen LogP contribution in [0.1, 0.15) is 0 Å². The Morgan fingerprint density at radius 1 is 1.14 bits per heavy atom. The Morgan fingerprint density at radius 2 is 1.90 bits per heavy atom. The number of rotatable bonds is 1. The summed E-state index contributed by atoms with van der Waals surface area (Å²) in [7, 11) is 1.77. The van der Waals surface area contributed by atoms with Crippen molar-refractivity contribution >= 4 is 27.8 Å². The molecule has 4 rings (SSSR count). The van der Waals surface area contributed by atoms with Crippen molar-refractivity contribution in [3.05, 3.63) is 52.9 Å². The fraction of sp³-hybridized carbons (Fsp3) is 0.0667. The number of benzene rings is 2. The van der Waals surface area contributed by atoms with Crippen LogP contribution >= 0.6 is 0 Å². The van der Waals surface area contributed by atoms with Gasteiger partial charge in [-0.15, -0.1) is 0 Å². The summed E-state index contributed by atoms with van der Waals surface area (Å²) in [5.74, 6) is 0.460. The summed E-state index contributed by atoms with van der Waals surface area (Å²) in [6.45, 7) is 0. The van der Waals surface area contributed by atoms with Crippen LogP contribution in [0.2, 0.25) is 0 Å². The van der Waals surface area contributed by atoms with E-state index in [2.05, 4.69) is 10.2 Å². The standard InChI is InChI=1S/C15H13N5O/c1-19-12-4-2-3-5-13(12)20(15(19)21)9-6-7-10-11(8-9)17-18-14(10)16/h2-8H,1H3,(H3,16,17,18). The number of hydrogen-bond donors (Lipinski definition) is 2. The van der Waals surface area contributed by atoms with E-state index in [1.165, 1.54) is 0 Å². The van der Waals surface area contributed by atoms with Gasteiger partial charge in [0.15, 0.2) is 5.82 Å². The smallest absolute Gasteiger partial charge is 0.333 e. The molecule has 0 spiro atoms. The van der Waals surface area contributed by atoms with E-state index < -0.39 is 0 Å². The summed E-state index contributed by atoms with van der Waals surface area (Å²) >= 11 is 0. The fourth-order valence-electron chi connectivity index (χ4n) is 2.71. The molecule has 3 N–H and O–H groups in total. The number of aryl methyl sites for hydroxylation is 1. The second-order valence-electron chi connectivity index (χ2n) is 5.00. The van der Waals surface area contributed by atoms with Crippen LogP contribution in [-0.4, -0.2) is 19.3 Å². The van der Waals surface area contributed by atoms with Gasteiger partial charge >= 0.3 is 5.69 Å². The molecule has 6 nitrogen and oxygen atoms in total. The van der Waals surface area contributed by atoms with E-state index in [9.17, 15) is 4.79 Å². The van der Waals surface area contributed by atoms with E-state index in [0.29, 0.717) is 5.82 Å². The summed E-state index contributed by atoms with van der Waals surface area (Å²) in [4.78, 5) is 12.5. The number of nitrogen functional groups attached to an aromatic ring is 1. The molecule has 0 saturated carbocycles. The van der Waals surface area contributed by atoms with E-state index in [-0.39, 0.29) is 5.69 Å². The van der Waals surface area contributed by atoms with Gasteiger partial charge in [0.2, 0.25) is 0 Å². The number of imidazole rings is 1. The molecule has 0 aliphatic carbocycles. The maximum absolute atomic E-state index is 12.5. The molecule has 0 radical (unpaired) electrons. The zero-order valence-corrected chi connectivity index (χ0v) is 11.4. The topological polar surface area (TPSA) is 81.6 Å². The highest BCUT2D eigenvalue weighted by molar-refractivity contribution is 5.90. The number of para-hydroxylation sites is 2. The van der Waals surface area contributed by atoms with Crippen LogP contribution in [0, 0.1) is 0 Å². The van der Waals surface area contributed by atoms with Gasteiger partial charge in [-0.05, 0) is 30.3 Å². The summed E-state index contributed by atoms with van der Waals surface area (Å²) in [6.07, 6.45) is 0. The minimum Gasteiger partial charge on any atom is -0.382 e. The molecule has 0 saturated heterocycles. The lowest BCUT2D eigenvalue weighted by Crippen LogP contribution is -2.20. The van der Waals surface area contributed by atoms with E-state index >= 15 is 0 Å². The largest absolute Gasteiger partial charge is 0.382 e. The van der Waals surface area contributed by atoms with Crippen LogP contribution < -0.4 is 11.4 Å². The number of aromatic nitrogens is 4.